The minimum Gasteiger partial charge on any atom is -0.339 e. The highest BCUT2D eigenvalue weighted by atomic mass is 35.5. The first kappa shape index (κ1) is 22.1. The predicted octanol–water partition coefficient (Wildman–Crippen LogP) is 2.34. The van der Waals surface area contributed by atoms with Crippen LogP contribution in [0.5, 0.6) is 0 Å². The van der Waals surface area contributed by atoms with Crippen molar-refractivity contribution >= 4 is 28.3 Å². The molecule has 0 aromatic heterocycles. The molecule has 8 heteroatoms. The molecule has 1 heterocycles. The van der Waals surface area contributed by atoms with Crippen LogP contribution < -0.4 is 5.73 Å². The molecule has 2 aliphatic rings. The summed E-state index contributed by atoms with van der Waals surface area (Å²) in [5.74, 6) is 0.437. The van der Waals surface area contributed by atoms with Gasteiger partial charge >= 0.3 is 0 Å². The summed E-state index contributed by atoms with van der Waals surface area (Å²) < 4.78 is 27.2. The normalized spacial score (nSPS) is 20.7. The third kappa shape index (κ3) is 5.02. The fourth-order valence-electron chi connectivity index (χ4n) is 3.93. The number of halogens is 1. The van der Waals surface area contributed by atoms with Gasteiger partial charge in [0.15, 0.2) is 0 Å². The Morgan fingerprint density at radius 3 is 2.11 bits per heavy atom. The summed E-state index contributed by atoms with van der Waals surface area (Å²) in [7, 11) is -3.51. The average Bonchev–Trinajstić information content (AvgIpc) is 2.68. The van der Waals surface area contributed by atoms with Crippen LogP contribution in [-0.4, -0.2) is 55.8 Å². The van der Waals surface area contributed by atoms with E-state index in [-0.39, 0.29) is 18.3 Å². The highest BCUT2D eigenvalue weighted by Gasteiger charge is 2.31. The summed E-state index contributed by atoms with van der Waals surface area (Å²) in [4.78, 5) is 13.9. The number of rotatable bonds is 4. The Balaban J connectivity index is 0.00000261. The third-order valence-corrected chi connectivity index (χ3v) is 7.45. The van der Waals surface area contributed by atoms with Crippen molar-refractivity contribution in [3.8, 4) is 0 Å². The molecule has 1 amide bonds. The number of piperazine rings is 1. The van der Waals surface area contributed by atoms with Crippen LogP contribution in [0.25, 0.3) is 0 Å². The molecule has 1 atom stereocenters. The topological polar surface area (TPSA) is 83.7 Å². The minimum atomic E-state index is -3.51. The fourth-order valence-corrected chi connectivity index (χ4v) is 5.36. The van der Waals surface area contributed by atoms with Crippen LogP contribution in [0.1, 0.15) is 50.5 Å². The Labute approximate surface area is 168 Å². The number of hydrogen-bond donors (Lipinski definition) is 1. The van der Waals surface area contributed by atoms with Gasteiger partial charge in [-0.25, -0.2) is 8.42 Å². The van der Waals surface area contributed by atoms with Crippen LogP contribution in [0.15, 0.2) is 29.2 Å². The van der Waals surface area contributed by atoms with E-state index in [1.165, 1.54) is 42.0 Å². The van der Waals surface area contributed by atoms with E-state index >= 15 is 0 Å². The van der Waals surface area contributed by atoms with E-state index in [1.54, 1.807) is 24.0 Å². The molecule has 1 aromatic rings. The van der Waals surface area contributed by atoms with E-state index in [0.717, 1.165) is 0 Å². The monoisotopic (exact) mass is 415 g/mol. The zero-order valence-corrected chi connectivity index (χ0v) is 17.5. The van der Waals surface area contributed by atoms with Gasteiger partial charge in [0.25, 0.3) is 0 Å². The Morgan fingerprint density at radius 2 is 1.59 bits per heavy atom. The quantitative estimate of drug-likeness (QED) is 0.817. The molecular formula is C19H30ClN3O3S. The molecule has 152 valence electrons. The summed E-state index contributed by atoms with van der Waals surface area (Å²) in [6, 6.07) is 6.86. The maximum atomic E-state index is 12.9. The van der Waals surface area contributed by atoms with E-state index in [2.05, 4.69) is 0 Å². The number of amides is 1. The molecule has 1 saturated heterocycles. The second-order valence-corrected chi connectivity index (χ2v) is 9.36. The molecule has 0 bridgehead atoms. The van der Waals surface area contributed by atoms with Gasteiger partial charge in [0.1, 0.15) is 0 Å². The maximum absolute atomic E-state index is 12.9. The van der Waals surface area contributed by atoms with Crippen molar-refractivity contribution in [1.82, 2.24) is 9.21 Å². The third-order valence-electron chi connectivity index (χ3n) is 5.53. The lowest BCUT2D eigenvalue weighted by atomic mass is 9.84. The van der Waals surface area contributed by atoms with Gasteiger partial charge in [0, 0.05) is 26.2 Å². The molecule has 1 aliphatic carbocycles. The summed E-state index contributed by atoms with van der Waals surface area (Å²) in [5.41, 5.74) is 6.88. The molecule has 0 unspecified atom stereocenters. The second kappa shape index (κ2) is 9.37. The largest absolute Gasteiger partial charge is 0.339 e. The standard InChI is InChI=1S/C19H29N3O3S.ClH/c1-15(20)19(23)21-11-13-22(14-12-21)26(24,25)18-9-7-17(8-10-18)16-5-3-2-4-6-16;/h7-10,15-16H,2-6,11-14,20H2,1H3;1H/t15-;/m1./s1. The van der Waals surface area contributed by atoms with Crippen LogP contribution in [0.4, 0.5) is 0 Å². The van der Waals surface area contributed by atoms with Crippen molar-refractivity contribution in [2.45, 2.75) is 55.9 Å². The van der Waals surface area contributed by atoms with Crippen molar-refractivity contribution in [2.24, 2.45) is 5.73 Å². The van der Waals surface area contributed by atoms with E-state index < -0.39 is 16.1 Å². The summed E-state index contributed by atoms with van der Waals surface area (Å²) >= 11 is 0. The first-order valence-electron chi connectivity index (χ1n) is 9.54. The first-order chi connectivity index (χ1) is 12.4. The number of carbonyl (C=O) groups is 1. The van der Waals surface area contributed by atoms with Crippen molar-refractivity contribution in [1.29, 1.82) is 0 Å². The van der Waals surface area contributed by atoms with Gasteiger partial charge in [0.05, 0.1) is 10.9 Å². The number of benzene rings is 1. The van der Waals surface area contributed by atoms with Crippen molar-refractivity contribution in [2.75, 3.05) is 26.2 Å². The smallest absolute Gasteiger partial charge is 0.243 e. The summed E-state index contributed by atoms with van der Waals surface area (Å²) in [5, 5.41) is 0. The molecule has 27 heavy (non-hydrogen) atoms. The fraction of sp³-hybridized carbons (Fsp3) is 0.632. The van der Waals surface area contributed by atoms with E-state index in [4.69, 9.17) is 5.73 Å². The Bertz CT molecular complexity index is 723. The van der Waals surface area contributed by atoms with Gasteiger partial charge < -0.3 is 10.6 Å². The van der Waals surface area contributed by atoms with Crippen LogP contribution in [-0.2, 0) is 14.8 Å². The first-order valence-corrected chi connectivity index (χ1v) is 11.0. The zero-order chi connectivity index (χ0) is 18.7. The molecule has 0 radical (unpaired) electrons. The molecule has 0 spiro atoms. The lowest BCUT2D eigenvalue weighted by molar-refractivity contribution is -0.133. The lowest BCUT2D eigenvalue weighted by Crippen LogP contribution is -2.53. The lowest BCUT2D eigenvalue weighted by Gasteiger charge is -2.34. The number of nitrogens with two attached hydrogens (primary N) is 1. The van der Waals surface area contributed by atoms with E-state index in [9.17, 15) is 13.2 Å². The van der Waals surface area contributed by atoms with Gasteiger partial charge in [0.2, 0.25) is 15.9 Å². The summed E-state index contributed by atoms with van der Waals surface area (Å²) in [6.45, 7) is 3.05. The zero-order valence-electron chi connectivity index (χ0n) is 15.8. The maximum Gasteiger partial charge on any atom is 0.243 e. The second-order valence-electron chi connectivity index (χ2n) is 7.42. The van der Waals surface area contributed by atoms with Gasteiger partial charge in [-0.05, 0) is 43.4 Å². The van der Waals surface area contributed by atoms with Gasteiger partial charge in [-0.1, -0.05) is 31.4 Å². The highest BCUT2D eigenvalue weighted by molar-refractivity contribution is 7.89. The average molecular weight is 416 g/mol. The molecule has 2 N–H and O–H groups in total. The number of carbonyl (C=O) groups excluding carboxylic acids is 1. The van der Waals surface area contributed by atoms with Crippen molar-refractivity contribution in [3.05, 3.63) is 29.8 Å². The van der Waals surface area contributed by atoms with Gasteiger partial charge in [-0.15, -0.1) is 12.4 Å². The number of nitrogens with zero attached hydrogens (tertiary/aromatic N) is 2. The van der Waals surface area contributed by atoms with Crippen molar-refractivity contribution in [3.63, 3.8) is 0 Å². The Kier molecular flexibility index (Phi) is 7.68. The Morgan fingerprint density at radius 1 is 1.04 bits per heavy atom. The van der Waals surface area contributed by atoms with Gasteiger partial charge in [-0.2, -0.15) is 4.31 Å². The molecule has 3 rings (SSSR count). The Hall–Kier alpha value is -1.15. The van der Waals surface area contributed by atoms with E-state index in [1.807, 2.05) is 12.1 Å². The molecule has 1 aliphatic heterocycles. The van der Waals surface area contributed by atoms with E-state index in [0.29, 0.717) is 37.0 Å². The number of sulfonamides is 1. The van der Waals surface area contributed by atoms with Crippen LogP contribution in [0.2, 0.25) is 0 Å². The molecule has 1 aromatic carbocycles. The predicted molar refractivity (Wildman–Crippen MR) is 109 cm³/mol. The molecule has 1 saturated carbocycles. The molecule has 2 fully saturated rings. The minimum absolute atomic E-state index is 0. The molecular weight excluding hydrogens is 386 g/mol. The van der Waals surface area contributed by atoms with Crippen LogP contribution in [0, 0.1) is 0 Å². The van der Waals surface area contributed by atoms with Crippen LogP contribution >= 0.6 is 12.4 Å². The van der Waals surface area contributed by atoms with Gasteiger partial charge in [-0.3, -0.25) is 4.79 Å². The van der Waals surface area contributed by atoms with Crippen LogP contribution in [0.3, 0.4) is 0 Å². The number of hydrogen-bond acceptors (Lipinski definition) is 4. The summed E-state index contributed by atoms with van der Waals surface area (Å²) in [6.07, 6.45) is 6.22. The molecule has 6 nitrogen and oxygen atoms in total. The van der Waals surface area contributed by atoms with Crippen molar-refractivity contribution < 1.29 is 13.2 Å². The highest BCUT2D eigenvalue weighted by Crippen LogP contribution is 2.33. The SMILES string of the molecule is C[C@@H](N)C(=O)N1CCN(S(=O)(=O)c2ccc(C3CCCCC3)cc2)CC1.Cl.